The fourth-order valence-corrected chi connectivity index (χ4v) is 1.95. The Hall–Kier alpha value is -0.870. The van der Waals surface area contributed by atoms with Gasteiger partial charge in [0.25, 0.3) is 0 Å². The molecule has 0 fully saturated rings. The molecular formula is C11H19ClN4. The molecule has 5 heteroatoms. The summed E-state index contributed by atoms with van der Waals surface area (Å²) >= 11 is 5.87. The third kappa shape index (κ3) is 3.61. The van der Waals surface area contributed by atoms with Crippen LogP contribution in [-0.4, -0.2) is 48.1 Å². The van der Waals surface area contributed by atoms with Crippen molar-refractivity contribution in [3.8, 4) is 0 Å². The van der Waals surface area contributed by atoms with Crippen LogP contribution < -0.4 is 4.90 Å². The van der Waals surface area contributed by atoms with Crippen molar-refractivity contribution in [3.05, 3.63) is 17.5 Å². The van der Waals surface area contributed by atoms with E-state index in [0.29, 0.717) is 11.2 Å². The van der Waals surface area contributed by atoms with E-state index in [-0.39, 0.29) is 0 Å². The van der Waals surface area contributed by atoms with E-state index >= 15 is 0 Å². The normalized spacial score (nSPS) is 12.9. The van der Waals surface area contributed by atoms with Crippen molar-refractivity contribution < 1.29 is 0 Å². The number of nitrogens with zero attached hydrogens (tertiary/aromatic N) is 4. The highest BCUT2D eigenvalue weighted by Gasteiger charge is 2.14. The molecular weight excluding hydrogens is 224 g/mol. The molecule has 1 atom stereocenters. The molecule has 1 aromatic rings. The lowest BCUT2D eigenvalue weighted by Crippen LogP contribution is -2.40. The predicted molar refractivity (Wildman–Crippen MR) is 68.1 cm³/mol. The number of rotatable bonds is 5. The van der Waals surface area contributed by atoms with E-state index in [0.717, 1.165) is 18.9 Å². The van der Waals surface area contributed by atoms with Gasteiger partial charge in [-0.05, 0) is 27.9 Å². The highest BCUT2D eigenvalue weighted by Crippen LogP contribution is 2.16. The van der Waals surface area contributed by atoms with Crippen molar-refractivity contribution in [2.75, 3.05) is 32.1 Å². The maximum absolute atomic E-state index is 5.87. The van der Waals surface area contributed by atoms with Crippen LogP contribution in [0.4, 0.5) is 5.82 Å². The van der Waals surface area contributed by atoms with Gasteiger partial charge in [-0.25, -0.2) is 9.97 Å². The van der Waals surface area contributed by atoms with Gasteiger partial charge in [-0.3, -0.25) is 0 Å². The maximum atomic E-state index is 5.87. The number of likely N-dealkylation sites (N-methyl/N-ethyl adjacent to an activating group) is 2. The van der Waals surface area contributed by atoms with E-state index in [2.05, 4.69) is 47.7 Å². The second kappa shape index (κ2) is 6.01. The summed E-state index contributed by atoms with van der Waals surface area (Å²) in [5.41, 5.74) is 0. The summed E-state index contributed by atoms with van der Waals surface area (Å²) in [5, 5.41) is 0.487. The second-order valence-corrected chi connectivity index (χ2v) is 4.48. The standard InChI is InChI=1S/C11H19ClN4/c1-5-16(9(2)7-15(3)4)11-6-10(12)13-8-14-11/h6,8-9H,5,7H2,1-4H3. The monoisotopic (exact) mass is 242 g/mol. The van der Waals surface area contributed by atoms with Gasteiger partial charge < -0.3 is 9.80 Å². The first-order valence-corrected chi connectivity index (χ1v) is 5.81. The molecule has 4 nitrogen and oxygen atoms in total. The molecule has 0 N–H and O–H groups in total. The zero-order valence-electron chi connectivity index (χ0n) is 10.3. The second-order valence-electron chi connectivity index (χ2n) is 4.10. The van der Waals surface area contributed by atoms with Crippen LogP contribution >= 0.6 is 11.6 Å². The molecule has 1 rings (SSSR count). The minimum atomic E-state index is 0.394. The van der Waals surface area contributed by atoms with Gasteiger partial charge in [0, 0.05) is 25.2 Å². The van der Waals surface area contributed by atoms with Gasteiger partial charge in [0.05, 0.1) is 0 Å². The van der Waals surface area contributed by atoms with E-state index < -0.39 is 0 Å². The summed E-state index contributed by atoms with van der Waals surface area (Å²) in [7, 11) is 4.13. The predicted octanol–water partition coefficient (Wildman–Crippen LogP) is 1.91. The van der Waals surface area contributed by atoms with Crippen LogP contribution in [0.3, 0.4) is 0 Å². The molecule has 0 aliphatic rings. The first-order chi connectivity index (χ1) is 7.54. The summed E-state index contributed by atoms with van der Waals surface area (Å²) < 4.78 is 0. The Balaban J connectivity index is 2.81. The molecule has 0 aliphatic carbocycles. The molecule has 0 aliphatic heterocycles. The molecule has 0 spiro atoms. The molecule has 0 aromatic carbocycles. The van der Waals surface area contributed by atoms with Crippen molar-refractivity contribution >= 4 is 17.4 Å². The Morgan fingerprint density at radius 2 is 2.06 bits per heavy atom. The molecule has 0 bridgehead atoms. The van der Waals surface area contributed by atoms with E-state index in [4.69, 9.17) is 11.6 Å². The third-order valence-corrected chi connectivity index (χ3v) is 2.62. The average molecular weight is 243 g/mol. The van der Waals surface area contributed by atoms with E-state index in [1.165, 1.54) is 6.33 Å². The van der Waals surface area contributed by atoms with Crippen molar-refractivity contribution in [1.82, 2.24) is 14.9 Å². The van der Waals surface area contributed by atoms with Crippen LogP contribution in [0.2, 0.25) is 5.15 Å². The van der Waals surface area contributed by atoms with Crippen LogP contribution in [0, 0.1) is 0 Å². The Bertz CT molecular complexity index is 330. The van der Waals surface area contributed by atoms with Gasteiger partial charge in [-0.2, -0.15) is 0 Å². The first kappa shape index (κ1) is 13.2. The molecule has 16 heavy (non-hydrogen) atoms. The minimum Gasteiger partial charge on any atom is -0.353 e. The molecule has 1 aromatic heterocycles. The van der Waals surface area contributed by atoms with E-state index in [1.807, 2.05) is 0 Å². The molecule has 1 heterocycles. The number of aromatic nitrogens is 2. The van der Waals surface area contributed by atoms with Crippen LogP contribution in [-0.2, 0) is 0 Å². The zero-order chi connectivity index (χ0) is 12.1. The Kier molecular flexibility index (Phi) is 4.96. The van der Waals surface area contributed by atoms with Gasteiger partial charge in [0.15, 0.2) is 0 Å². The topological polar surface area (TPSA) is 32.3 Å². The van der Waals surface area contributed by atoms with E-state index in [1.54, 1.807) is 6.07 Å². The van der Waals surface area contributed by atoms with E-state index in [9.17, 15) is 0 Å². The average Bonchev–Trinajstić information content (AvgIpc) is 2.17. The van der Waals surface area contributed by atoms with Gasteiger partial charge >= 0.3 is 0 Å². The fraction of sp³-hybridized carbons (Fsp3) is 0.636. The largest absolute Gasteiger partial charge is 0.353 e. The summed E-state index contributed by atoms with van der Waals surface area (Å²) in [6, 6.07) is 2.20. The number of halogens is 1. The van der Waals surface area contributed by atoms with Gasteiger partial charge in [0.2, 0.25) is 0 Å². The van der Waals surface area contributed by atoms with Crippen molar-refractivity contribution in [2.24, 2.45) is 0 Å². The highest BCUT2D eigenvalue weighted by molar-refractivity contribution is 6.29. The van der Waals surface area contributed by atoms with Crippen LogP contribution in [0.5, 0.6) is 0 Å². The highest BCUT2D eigenvalue weighted by atomic mass is 35.5. The van der Waals surface area contributed by atoms with Crippen LogP contribution in [0.1, 0.15) is 13.8 Å². The molecule has 0 saturated carbocycles. The lowest BCUT2D eigenvalue weighted by molar-refractivity contribution is 0.372. The first-order valence-electron chi connectivity index (χ1n) is 5.43. The molecule has 90 valence electrons. The lowest BCUT2D eigenvalue weighted by atomic mass is 10.2. The fourth-order valence-electron chi connectivity index (χ4n) is 1.81. The SMILES string of the molecule is CCN(c1cc(Cl)ncn1)C(C)CN(C)C. The minimum absolute atomic E-state index is 0.394. The lowest BCUT2D eigenvalue weighted by Gasteiger charge is -2.30. The number of hydrogen-bond donors (Lipinski definition) is 0. The summed E-state index contributed by atoms with van der Waals surface area (Å²) in [6.45, 7) is 6.18. The van der Waals surface area contributed by atoms with Crippen molar-refractivity contribution in [3.63, 3.8) is 0 Å². The third-order valence-electron chi connectivity index (χ3n) is 2.42. The van der Waals surface area contributed by atoms with Crippen molar-refractivity contribution in [1.29, 1.82) is 0 Å². The summed E-state index contributed by atoms with van der Waals surface area (Å²) in [5.74, 6) is 0.886. The zero-order valence-corrected chi connectivity index (χ0v) is 11.1. The van der Waals surface area contributed by atoms with Gasteiger partial charge in [0.1, 0.15) is 17.3 Å². The summed E-state index contributed by atoms with van der Waals surface area (Å²) in [4.78, 5) is 12.5. The smallest absolute Gasteiger partial charge is 0.134 e. The number of anilines is 1. The Morgan fingerprint density at radius 1 is 1.38 bits per heavy atom. The van der Waals surface area contributed by atoms with Crippen molar-refractivity contribution in [2.45, 2.75) is 19.9 Å². The Morgan fingerprint density at radius 3 is 2.56 bits per heavy atom. The summed E-state index contributed by atoms with van der Waals surface area (Å²) in [6.07, 6.45) is 1.50. The van der Waals surface area contributed by atoms with Crippen LogP contribution in [0.15, 0.2) is 12.4 Å². The van der Waals surface area contributed by atoms with Crippen LogP contribution in [0.25, 0.3) is 0 Å². The molecule has 0 amide bonds. The van der Waals surface area contributed by atoms with Gasteiger partial charge in [-0.15, -0.1) is 0 Å². The number of hydrogen-bond acceptors (Lipinski definition) is 4. The molecule has 1 unspecified atom stereocenters. The molecule has 0 saturated heterocycles. The molecule has 0 radical (unpaired) electrons. The van der Waals surface area contributed by atoms with Gasteiger partial charge in [-0.1, -0.05) is 11.6 Å². The Labute approximate surface area is 102 Å². The maximum Gasteiger partial charge on any atom is 0.134 e. The quantitative estimate of drug-likeness (QED) is 0.739.